The number of hydrogen-bond donors (Lipinski definition) is 1. The summed E-state index contributed by atoms with van der Waals surface area (Å²) in [4.78, 5) is 1.68. The smallest absolute Gasteiger partial charge is 0.204 e. The molecular weight excluding hydrogens is 250 g/mol. The number of nitrogens with one attached hydrogen (secondary N) is 1. The van der Waals surface area contributed by atoms with E-state index in [9.17, 15) is 0 Å². The Morgan fingerprint density at radius 2 is 1.85 bits per heavy atom. The molecule has 0 amide bonds. The van der Waals surface area contributed by atoms with Crippen LogP contribution in [0.15, 0.2) is 30.3 Å². The lowest BCUT2D eigenvalue weighted by Crippen LogP contribution is -2.27. The third kappa shape index (κ3) is 4.42. The van der Waals surface area contributed by atoms with Gasteiger partial charge in [-0.25, -0.2) is 0 Å². The fraction of sp³-hybridized carbons (Fsp3) is 0.533. The second kappa shape index (κ2) is 7.14. The lowest BCUT2D eigenvalue weighted by atomic mass is 10.1. The number of rotatable bonds is 7. The summed E-state index contributed by atoms with van der Waals surface area (Å²) in [6.45, 7) is 9.42. The first-order chi connectivity index (χ1) is 9.65. The highest BCUT2D eigenvalue weighted by Gasteiger charge is 2.08. The Morgan fingerprint density at radius 1 is 1.10 bits per heavy atom. The Bertz CT molecular complexity index is 506. The van der Waals surface area contributed by atoms with Crippen molar-refractivity contribution in [3.05, 3.63) is 30.3 Å². The van der Waals surface area contributed by atoms with Crippen LogP contribution in [0.25, 0.3) is 11.4 Å². The minimum atomic E-state index is 0.478. The Kier molecular flexibility index (Phi) is 5.24. The van der Waals surface area contributed by atoms with E-state index in [1.807, 2.05) is 30.3 Å². The van der Waals surface area contributed by atoms with E-state index >= 15 is 0 Å². The van der Waals surface area contributed by atoms with Crippen LogP contribution in [0.2, 0.25) is 0 Å². The highest BCUT2D eigenvalue weighted by Crippen LogP contribution is 2.12. The zero-order valence-electron chi connectivity index (χ0n) is 12.5. The van der Waals surface area contributed by atoms with Crippen molar-refractivity contribution < 1.29 is 0 Å². The molecule has 0 aliphatic carbocycles. The molecule has 0 aliphatic heterocycles. The molecule has 0 bridgehead atoms. The van der Waals surface area contributed by atoms with Crippen LogP contribution in [0.1, 0.15) is 20.8 Å². The molecule has 1 N–H and O–H groups in total. The first-order valence-corrected chi connectivity index (χ1v) is 7.19. The summed E-state index contributed by atoms with van der Waals surface area (Å²) in [5.41, 5.74) is 1.00. The lowest BCUT2D eigenvalue weighted by molar-refractivity contribution is 0.379. The third-order valence-electron chi connectivity index (χ3n) is 3.01. The average molecular weight is 273 g/mol. The van der Waals surface area contributed by atoms with Crippen molar-refractivity contribution in [1.29, 1.82) is 0 Å². The molecule has 20 heavy (non-hydrogen) atoms. The molecule has 1 aromatic heterocycles. The maximum atomic E-state index is 4.43. The monoisotopic (exact) mass is 273 g/mol. The predicted molar refractivity (Wildman–Crippen MR) is 80.1 cm³/mol. The molecule has 0 aliphatic rings. The fourth-order valence-electron chi connectivity index (χ4n) is 1.99. The Morgan fingerprint density at radius 3 is 2.55 bits per heavy atom. The van der Waals surface area contributed by atoms with Crippen molar-refractivity contribution in [2.75, 3.05) is 13.1 Å². The van der Waals surface area contributed by atoms with Crippen molar-refractivity contribution in [2.24, 2.45) is 11.8 Å². The first-order valence-electron chi connectivity index (χ1n) is 7.19. The Balaban J connectivity index is 1.86. The quantitative estimate of drug-likeness (QED) is 0.840. The molecule has 1 heterocycles. The van der Waals surface area contributed by atoms with Gasteiger partial charge in [0.2, 0.25) is 5.82 Å². The van der Waals surface area contributed by atoms with Gasteiger partial charge in [-0.1, -0.05) is 51.1 Å². The summed E-state index contributed by atoms with van der Waals surface area (Å²) < 4.78 is 0. The van der Waals surface area contributed by atoms with Crippen LogP contribution in [0.5, 0.6) is 0 Å². The summed E-state index contributed by atoms with van der Waals surface area (Å²) >= 11 is 0. The zero-order chi connectivity index (χ0) is 14.4. The number of aromatic nitrogens is 4. The molecule has 0 fully saturated rings. The van der Waals surface area contributed by atoms with Crippen LogP contribution >= 0.6 is 0 Å². The SMILES string of the molecule is CC(C)CNCC(C)Cn1nnc(-c2ccccc2)n1. The summed E-state index contributed by atoms with van der Waals surface area (Å²) in [6.07, 6.45) is 0. The molecule has 0 saturated heterocycles. The summed E-state index contributed by atoms with van der Waals surface area (Å²) in [6, 6.07) is 9.93. The van der Waals surface area contributed by atoms with Crippen LogP contribution in [0.3, 0.4) is 0 Å². The Hall–Kier alpha value is -1.75. The number of benzene rings is 1. The number of hydrogen-bond acceptors (Lipinski definition) is 4. The number of tetrazole rings is 1. The van der Waals surface area contributed by atoms with E-state index in [1.54, 1.807) is 4.80 Å². The van der Waals surface area contributed by atoms with Crippen molar-refractivity contribution in [3.63, 3.8) is 0 Å². The normalized spacial score (nSPS) is 12.8. The summed E-state index contributed by atoms with van der Waals surface area (Å²) in [5.74, 6) is 1.84. The van der Waals surface area contributed by atoms with E-state index in [0.29, 0.717) is 17.7 Å². The topological polar surface area (TPSA) is 55.6 Å². The predicted octanol–water partition coefficient (Wildman–Crippen LogP) is 2.22. The van der Waals surface area contributed by atoms with Crippen LogP contribution in [0.4, 0.5) is 0 Å². The molecule has 1 atom stereocenters. The van der Waals surface area contributed by atoms with E-state index in [0.717, 1.165) is 25.2 Å². The van der Waals surface area contributed by atoms with E-state index in [1.165, 1.54) is 0 Å². The van der Waals surface area contributed by atoms with E-state index in [4.69, 9.17) is 0 Å². The van der Waals surface area contributed by atoms with Gasteiger partial charge in [-0.3, -0.25) is 0 Å². The van der Waals surface area contributed by atoms with Crippen LogP contribution in [-0.4, -0.2) is 33.3 Å². The van der Waals surface area contributed by atoms with Crippen molar-refractivity contribution in [1.82, 2.24) is 25.5 Å². The molecule has 1 aromatic carbocycles. The van der Waals surface area contributed by atoms with Crippen molar-refractivity contribution in [2.45, 2.75) is 27.3 Å². The van der Waals surface area contributed by atoms with Gasteiger partial charge < -0.3 is 5.32 Å². The highest BCUT2D eigenvalue weighted by atomic mass is 15.6. The zero-order valence-corrected chi connectivity index (χ0v) is 12.5. The molecule has 0 saturated carbocycles. The molecule has 108 valence electrons. The average Bonchev–Trinajstić information content (AvgIpc) is 2.88. The van der Waals surface area contributed by atoms with Gasteiger partial charge in [0.05, 0.1) is 6.54 Å². The van der Waals surface area contributed by atoms with Gasteiger partial charge >= 0.3 is 0 Å². The Labute approximate surface area is 120 Å². The van der Waals surface area contributed by atoms with Gasteiger partial charge in [0, 0.05) is 5.56 Å². The molecule has 1 unspecified atom stereocenters. The van der Waals surface area contributed by atoms with Gasteiger partial charge in [0.15, 0.2) is 0 Å². The molecule has 2 aromatic rings. The van der Waals surface area contributed by atoms with E-state index in [2.05, 4.69) is 41.5 Å². The van der Waals surface area contributed by atoms with E-state index in [-0.39, 0.29) is 0 Å². The van der Waals surface area contributed by atoms with Crippen molar-refractivity contribution in [3.8, 4) is 11.4 Å². The standard InChI is InChI=1S/C15H23N5/c1-12(2)9-16-10-13(3)11-20-18-15(17-19-20)14-7-5-4-6-8-14/h4-8,12-13,16H,9-11H2,1-3H3. The second-order valence-electron chi connectivity index (χ2n) is 5.69. The second-order valence-corrected chi connectivity index (χ2v) is 5.69. The summed E-state index contributed by atoms with van der Waals surface area (Å²) in [7, 11) is 0. The molecule has 5 nitrogen and oxygen atoms in total. The van der Waals surface area contributed by atoms with Crippen LogP contribution in [-0.2, 0) is 6.54 Å². The molecule has 5 heteroatoms. The molecular formula is C15H23N5. The molecule has 0 radical (unpaired) electrons. The molecule has 2 rings (SSSR count). The van der Waals surface area contributed by atoms with Gasteiger partial charge in [0.25, 0.3) is 0 Å². The fourth-order valence-corrected chi connectivity index (χ4v) is 1.99. The minimum absolute atomic E-state index is 0.478. The van der Waals surface area contributed by atoms with Gasteiger partial charge in [-0.2, -0.15) is 4.80 Å². The largest absolute Gasteiger partial charge is 0.316 e. The maximum absolute atomic E-state index is 4.43. The summed E-state index contributed by atoms with van der Waals surface area (Å²) in [5, 5.41) is 16.1. The van der Waals surface area contributed by atoms with Gasteiger partial charge in [0.1, 0.15) is 0 Å². The lowest BCUT2D eigenvalue weighted by Gasteiger charge is -2.12. The first kappa shape index (κ1) is 14.7. The maximum Gasteiger partial charge on any atom is 0.204 e. The highest BCUT2D eigenvalue weighted by molar-refractivity contribution is 5.52. The van der Waals surface area contributed by atoms with Crippen LogP contribution in [0, 0.1) is 11.8 Å². The molecule has 0 spiro atoms. The van der Waals surface area contributed by atoms with Crippen molar-refractivity contribution >= 4 is 0 Å². The number of nitrogens with zero attached hydrogens (tertiary/aromatic N) is 4. The van der Waals surface area contributed by atoms with Gasteiger partial charge in [-0.05, 0) is 30.1 Å². The van der Waals surface area contributed by atoms with Crippen LogP contribution < -0.4 is 5.32 Å². The van der Waals surface area contributed by atoms with E-state index < -0.39 is 0 Å². The third-order valence-corrected chi connectivity index (χ3v) is 3.01. The van der Waals surface area contributed by atoms with Gasteiger partial charge in [-0.15, -0.1) is 10.2 Å². The minimum Gasteiger partial charge on any atom is -0.316 e.